The van der Waals surface area contributed by atoms with Crippen molar-refractivity contribution in [3.63, 3.8) is 0 Å². The maximum Gasteiger partial charge on any atom is 0.433 e. The Labute approximate surface area is 98.5 Å². The first-order valence-corrected chi connectivity index (χ1v) is 5.78. The van der Waals surface area contributed by atoms with Crippen LogP contribution in [-0.2, 0) is 6.18 Å². The first-order valence-electron chi connectivity index (χ1n) is 5.78. The molecule has 1 aliphatic heterocycles. The van der Waals surface area contributed by atoms with Crippen LogP contribution in [0.3, 0.4) is 0 Å². The Morgan fingerprint density at radius 1 is 1.12 bits per heavy atom. The van der Waals surface area contributed by atoms with E-state index in [-0.39, 0.29) is 0 Å². The average molecular weight is 244 g/mol. The maximum atomic E-state index is 12.6. The first kappa shape index (κ1) is 12.2. The van der Waals surface area contributed by atoms with Gasteiger partial charge in [0, 0.05) is 13.1 Å². The molecular formula is C12H15F3N2. The molecule has 0 N–H and O–H groups in total. The number of aromatic nitrogens is 1. The lowest BCUT2D eigenvalue weighted by Gasteiger charge is -2.29. The fourth-order valence-electron chi connectivity index (χ4n) is 2.10. The van der Waals surface area contributed by atoms with Gasteiger partial charge in [-0.05, 0) is 37.8 Å². The molecule has 0 spiro atoms. The number of aryl methyl sites for hydroxylation is 1. The van der Waals surface area contributed by atoms with E-state index in [1.165, 1.54) is 6.07 Å². The Hall–Kier alpha value is -1.26. The molecule has 0 saturated carbocycles. The van der Waals surface area contributed by atoms with Crippen LogP contribution in [0.1, 0.15) is 30.5 Å². The van der Waals surface area contributed by atoms with Crippen LogP contribution in [0.15, 0.2) is 12.1 Å². The minimum Gasteiger partial charge on any atom is -0.356 e. The molecule has 1 saturated heterocycles. The maximum absolute atomic E-state index is 12.6. The summed E-state index contributed by atoms with van der Waals surface area (Å²) >= 11 is 0. The Balaban J connectivity index is 2.31. The highest BCUT2D eigenvalue weighted by molar-refractivity contribution is 5.47. The SMILES string of the molecule is Cc1ccc(C(F)(F)F)nc1N1CCCCC1. The highest BCUT2D eigenvalue weighted by Gasteiger charge is 2.33. The third-order valence-electron chi connectivity index (χ3n) is 3.02. The number of nitrogens with zero attached hydrogens (tertiary/aromatic N) is 2. The molecule has 1 fully saturated rings. The predicted molar refractivity (Wildman–Crippen MR) is 60.0 cm³/mol. The van der Waals surface area contributed by atoms with E-state index < -0.39 is 11.9 Å². The number of anilines is 1. The first-order chi connectivity index (χ1) is 7.98. The van der Waals surface area contributed by atoms with Crippen molar-refractivity contribution in [2.24, 2.45) is 0 Å². The smallest absolute Gasteiger partial charge is 0.356 e. The van der Waals surface area contributed by atoms with Gasteiger partial charge in [-0.3, -0.25) is 0 Å². The Bertz CT molecular complexity index is 395. The molecule has 2 rings (SSSR count). The average Bonchev–Trinajstić information content (AvgIpc) is 2.29. The molecule has 17 heavy (non-hydrogen) atoms. The van der Waals surface area contributed by atoms with E-state index in [0.717, 1.165) is 44.0 Å². The van der Waals surface area contributed by atoms with Gasteiger partial charge in [-0.1, -0.05) is 6.07 Å². The van der Waals surface area contributed by atoms with Gasteiger partial charge in [-0.2, -0.15) is 13.2 Å². The summed E-state index contributed by atoms with van der Waals surface area (Å²) in [5.74, 6) is 0.486. The normalized spacial score (nSPS) is 17.3. The molecule has 0 aromatic carbocycles. The second-order valence-electron chi connectivity index (χ2n) is 4.38. The van der Waals surface area contributed by atoms with Gasteiger partial charge in [0.05, 0.1) is 0 Å². The van der Waals surface area contributed by atoms with Crippen molar-refractivity contribution < 1.29 is 13.2 Å². The standard InChI is InChI=1S/C12H15F3N2/c1-9-5-6-10(12(13,14)15)16-11(9)17-7-3-2-4-8-17/h5-6H,2-4,7-8H2,1H3. The summed E-state index contributed by atoms with van der Waals surface area (Å²) in [6.07, 6.45) is -1.17. The minimum absolute atomic E-state index is 0.486. The van der Waals surface area contributed by atoms with Crippen LogP contribution < -0.4 is 4.90 Å². The van der Waals surface area contributed by atoms with Crippen molar-refractivity contribution in [3.8, 4) is 0 Å². The molecule has 1 aliphatic rings. The van der Waals surface area contributed by atoms with Crippen molar-refractivity contribution in [2.75, 3.05) is 18.0 Å². The van der Waals surface area contributed by atoms with Gasteiger partial charge < -0.3 is 4.90 Å². The summed E-state index contributed by atoms with van der Waals surface area (Å²) < 4.78 is 37.8. The molecule has 0 bridgehead atoms. The molecule has 0 unspecified atom stereocenters. The van der Waals surface area contributed by atoms with Crippen molar-refractivity contribution >= 4 is 5.82 Å². The van der Waals surface area contributed by atoms with Gasteiger partial charge in [-0.25, -0.2) is 4.98 Å². The second kappa shape index (κ2) is 4.55. The second-order valence-corrected chi connectivity index (χ2v) is 4.38. The zero-order valence-corrected chi connectivity index (χ0v) is 9.72. The molecule has 2 heterocycles. The minimum atomic E-state index is -4.36. The summed E-state index contributed by atoms with van der Waals surface area (Å²) in [6.45, 7) is 3.40. The van der Waals surface area contributed by atoms with Gasteiger partial charge in [0.15, 0.2) is 0 Å². The molecule has 0 amide bonds. The Morgan fingerprint density at radius 2 is 1.76 bits per heavy atom. The lowest BCUT2D eigenvalue weighted by molar-refractivity contribution is -0.141. The lowest BCUT2D eigenvalue weighted by Crippen LogP contribution is -2.31. The van der Waals surface area contributed by atoms with Crippen molar-refractivity contribution in [1.29, 1.82) is 0 Å². The van der Waals surface area contributed by atoms with Crippen molar-refractivity contribution in [1.82, 2.24) is 4.98 Å². The van der Waals surface area contributed by atoms with Crippen LogP contribution in [0.5, 0.6) is 0 Å². The van der Waals surface area contributed by atoms with Crippen LogP contribution in [0.2, 0.25) is 0 Å². The van der Waals surface area contributed by atoms with Gasteiger partial charge in [0.25, 0.3) is 0 Å². The van der Waals surface area contributed by atoms with Crippen molar-refractivity contribution in [3.05, 3.63) is 23.4 Å². The molecule has 0 aliphatic carbocycles. The third kappa shape index (κ3) is 2.70. The molecule has 1 aromatic rings. The number of rotatable bonds is 1. The van der Waals surface area contributed by atoms with Crippen LogP contribution in [0.25, 0.3) is 0 Å². The molecule has 5 heteroatoms. The highest BCUT2D eigenvalue weighted by atomic mass is 19.4. The zero-order valence-electron chi connectivity index (χ0n) is 9.72. The lowest BCUT2D eigenvalue weighted by atomic mass is 10.1. The van der Waals surface area contributed by atoms with E-state index in [1.54, 1.807) is 6.92 Å². The monoisotopic (exact) mass is 244 g/mol. The van der Waals surface area contributed by atoms with Crippen LogP contribution in [0, 0.1) is 6.92 Å². The number of hydrogen-bond donors (Lipinski definition) is 0. The number of pyridine rings is 1. The summed E-state index contributed by atoms with van der Waals surface area (Å²) in [5.41, 5.74) is 0.00331. The largest absolute Gasteiger partial charge is 0.433 e. The zero-order chi connectivity index (χ0) is 12.5. The van der Waals surface area contributed by atoms with Crippen LogP contribution in [-0.4, -0.2) is 18.1 Å². The highest BCUT2D eigenvalue weighted by Crippen LogP contribution is 2.31. The summed E-state index contributed by atoms with van der Waals surface area (Å²) in [6, 6.07) is 2.54. The van der Waals surface area contributed by atoms with Crippen LogP contribution in [0.4, 0.5) is 19.0 Å². The van der Waals surface area contributed by atoms with Crippen LogP contribution >= 0.6 is 0 Å². The summed E-state index contributed by atoms with van der Waals surface area (Å²) in [4.78, 5) is 5.72. The number of hydrogen-bond acceptors (Lipinski definition) is 2. The summed E-state index contributed by atoms with van der Waals surface area (Å²) in [5, 5.41) is 0. The number of alkyl halides is 3. The molecule has 1 aromatic heterocycles. The van der Waals surface area contributed by atoms with Gasteiger partial charge in [0.1, 0.15) is 11.5 Å². The Kier molecular flexibility index (Phi) is 3.26. The van der Waals surface area contributed by atoms with Gasteiger partial charge >= 0.3 is 6.18 Å². The molecule has 0 radical (unpaired) electrons. The van der Waals surface area contributed by atoms with E-state index >= 15 is 0 Å². The number of halogens is 3. The van der Waals surface area contributed by atoms with E-state index in [0.29, 0.717) is 5.82 Å². The summed E-state index contributed by atoms with van der Waals surface area (Å²) in [7, 11) is 0. The fraction of sp³-hybridized carbons (Fsp3) is 0.583. The van der Waals surface area contributed by atoms with E-state index in [4.69, 9.17) is 0 Å². The molecule has 94 valence electrons. The quantitative estimate of drug-likeness (QED) is 0.752. The molecule has 2 nitrogen and oxygen atoms in total. The fourth-order valence-corrected chi connectivity index (χ4v) is 2.10. The van der Waals surface area contributed by atoms with Gasteiger partial charge in [-0.15, -0.1) is 0 Å². The van der Waals surface area contributed by atoms with E-state index in [2.05, 4.69) is 4.98 Å². The topological polar surface area (TPSA) is 16.1 Å². The number of piperidine rings is 1. The van der Waals surface area contributed by atoms with Gasteiger partial charge in [0.2, 0.25) is 0 Å². The van der Waals surface area contributed by atoms with E-state index in [9.17, 15) is 13.2 Å². The van der Waals surface area contributed by atoms with E-state index in [1.807, 2.05) is 4.90 Å². The molecule has 0 atom stereocenters. The molecular weight excluding hydrogens is 229 g/mol. The third-order valence-corrected chi connectivity index (χ3v) is 3.02. The Morgan fingerprint density at radius 3 is 2.35 bits per heavy atom. The predicted octanol–water partition coefficient (Wildman–Crippen LogP) is 3.40. The van der Waals surface area contributed by atoms with Crippen molar-refractivity contribution in [2.45, 2.75) is 32.4 Å².